The molecule has 31 heavy (non-hydrogen) atoms. The number of aryl methyl sites for hydroxylation is 1. The molecule has 3 aromatic rings. The van der Waals surface area contributed by atoms with Crippen molar-refractivity contribution in [2.45, 2.75) is 37.1 Å². The van der Waals surface area contributed by atoms with Crippen LogP contribution in [0.15, 0.2) is 47.4 Å². The van der Waals surface area contributed by atoms with Gasteiger partial charge in [-0.3, -0.25) is 14.6 Å². The predicted octanol–water partition coefficient (Wildman–Crippen LogP) is 4.23. The molecule has 0 atom stereocenters. The average Bonchev–Trinajstić information content (AvgIpc) is 2.79. The third-order valence-corrected chi connectivity index (χ3v) is 6.59. The number of rotatable bonds is 7. The average molecular weight is 437 g/mol. The van der Waals surface area contributed by atoms with Gasteiger partial charge in [0.25, 0.3) is 5.91 Å². The van der Waals surface area contributed by atoms with E-state index in [1.54, 1.807) is 19.2 Å². The molecule has 0 fully saturated rings. The molecule has 0 saturated heterocycles. The van der Waals surface area contributed by atoms with Crippen molar-refractivity contribution in [2.75, 3.05) is 12.9 Å². The lowest BCUT2D eigenvalue weighted by Crippen LogP contribution is -2.23. The van der Waals surface area contributed by atoms with E-state index in [-0.39, 0.29) is 11.7 Å². The summed E-state index contributed by atoms with van der Waals surface area (Å²) in [7, 11) is 1.61. The third-order valence-electron chi connectivity index (χ3n) is 5.44. The number of amides is 1. The van der Waals surface area contributed by atoms with Crippen LogP contribution in [0.25, 0.3) is 10.9 Å². The number of carboxylic acids is 1. The SMILES string of the molecule is COc1ccccc1CNC(=O)c1ccc2c(SCC(=O)O)c3c(nc2c1)CCCC3. The first-order chi connectivity index (χ1) is 15.1. The molecule has 4 rings (SSSR count). The van der Waals surface area contributed by atoms with Crippen LogP contribution < -0.4 is 10.1 Å². The van der Waals surface area contributed by atoms with Crippen molar-refractivity contribution in [3.8, 4) is 5.75 Å². The minimum atomic E-state index is -0.841. The molecule has 0 radical (unpaired) electrons. The lowest BCUT2D eigenvalue weighted by molar-refractivity contribution is -0.133. The number of thioether (sulfide) groups is 1. The number of nitrogens with one attached hydrogen (secondary N) is 1. The number of para-hydroxylation sites is 1. The quantitative estimate of drug-likeness (QED) is 0.539. The molecule has 160 valence electrons. The molecule has 0 saturated carbocycles. The fourth-order valence-electron chi connectivity index (χ4n) is 3.95. The van der Waals surface area contributed by atoms with Crippen molar-refractivity contribution in [1.82, 2.24) is 10.3 Å². The first-order valence-electron chi connectivity index (χ1n) is 10.3. The molecule has 1 amide bonds. The summed E-state index contributed by atoms with van der Waals surface area (Å²) in [6.07, 6.45) is 3.97. The fraction of sp³-hybridized carbons (Fsp3) is 0.292. The number of fused-ring (bicyclic) bond motifs is 2. The Morgan fingerprint density at radius 1 is 1.16 bits per heavy atom. The smallest absolute Gasteiger partial charge is 0.313 e. The Morgan fingerprint density at radius 2 is 1.97 bits per heavy atom. The Labute approximate surface area is 185 Å². The molecule has 7 heteroatoms. The Hall–Kier alpha value is -3.06. The maximum atomic E-state index is 12.8. The standard InChI is InChI=1S/C24H24N2O4S/c1-30-21-9-5-2-6-16(21)13-25-24(29)15-10-11-18-20(12-15)26-19-8-4-3-7-17(19)23(18)31-14-22(27)28/h2,5-6,9-12H,3-4,7-8,13-14H2,1H3,(H,25,29)(H,27,28). The molecular formula is C24H24N2O4S. The molecule has 6 nitrogen and oxygen atoms in total. The van der Waals surface area contributed by atoms with Gasteiger partial charge in [0.1, 0.15) is 5.75 Å². The topological polar surface area (TPSA) is 88.5 Å². The van der Waals surface area contributed by atoms with Crippen LogP contribution in [0.4, 0.5) is 0 Å². The van der Waals surface area contributed by atoms with Crippen molar-refractivity contribution in [2.24, 2.45) is 0 Å². The van der Waals surface area contributed by atoms with Crippen LogP contribution in [0.5, 0.6) is 5.75 Å². The Kier molecular flexibility index (Phi) is 6.42. The van der Waals surface area contributed by atoms with E-state index in [0.29, 0.717) is 12.1 Å². The van der Waals surface area contributed by atoms with Crippen molar-refractivity contribution in [1.29, 1.82) is 0 Å². The second kappa shape index (κ2) is 9.39. The summed E-state index contributed by atoms with van der Waals surface area (Å²) in [5.41, 5.74) is 4.36. The van der Waals surface area contributed by atoms with Crippen molar-refractivity contribution >= 4 is 34.5 Å². The largest absolute Gasteiger partial charge is 0.496 e. The van der Waals surface area contributed by atoms with E-state index in [9.17, 15) is 9.59 Å². The van der Waals surface area contributed by atoms with Gasteiger partial charge >= 0.3 is 5.97 Å². The van der Waals surface area contributed by atoms with Gasteiger partial charge < -0.3 is 15.2 Å². The summed E-state index contributed by atoms with van der Waals surface area (Å²) in [6, 6.07) is 13.0. The van der Waals surface area contributed by atoms with Crippen LogP contribution >= 0.6 is 11.8 Å². The van der Waals surface area contributed by atoms with Gasteiger partial charge in [-0.25, -0.2) is 0 Å². The normalized spacial score (nSPS) is 12.9. The zero-order chi connectivity index (χ0) is 21.8. The number of carbonyl (C=O) groups is 2. The number of aromatic nitrogens is 1. The highest BCUT2D eigenvalue weighted by Crippen LogP contribution is 2.36. The summed E-state index contributed by atoms with van der Waals surface area (Å²) in [6.45, 7) is 0.359. The molecule has 1 aromatic heterocycles. The van der Waals surface area contributed by atoms with E-state index in [4.69, 9.17) is 14.8 Å². The summed E-state index contributed by atoms with van der Waals surface area (Å²) in [5, 5.41) is 13.0. The highest BCUT2D eigenvalue weighted by atomic mass is 32.2. The highest BCUT2D eigenvalue weighted by Gasteiger charge is 2.20. The van der Waals surface area contributed by atoms with Gasteiger partial charge in [-0.1, -0.05) is 24.3 Å². The number of aliphatic carboxylic acids is 1. The maximum Gasteiger partial charge on any atom is 0.313 e. The third kappa shape index (κ3) is 4.66. The molecular weight excluding hydrogens is 412 g/mol. The summed E-state index contributed by atoms with van der Waals surface area (Å²) in [5.74, 6) is -0.291. The van der Waals surface area contributed by atoms with Gasteiger partial charge in [0.15, 0.2) is 0 Å². The monoisotopic (exact) mass is 436 g/mol. The molecule has 2 aromatic carbocycles. The number of carboxylic acid groups (broad SMARTS) is 1. The first kappa shape index (κ1) is 21.2. The second-order valence-corrected chi connectivity index (χ2v) is 8.47. The molecule has 1 aliphatic rings. The minimum absolute atomic E-state index is 0.00665. The van der Waals surface area contributed by atoms with Crippen LogP contribution in [-0.2, 0) is 24.2 Å². The van der Waals surface area contributed by atoms with Crippen LogP contribution in [0.2, 0.25) is 0 Å². The van der Waals surface area contributed by atoms with Gasteiger partial charge in [-0.15, -0.1) is 11.8 Å². The van der Waals surface area contributed by atoms with E-state index < -0.39 is 5.97 Å². The van der Waals surface area contributed by atoms with Crippen LogP contribution in [0.3, 0.4) is 0 Å². The van der Waals surface area contributed by atoms with Crippen molar-refractivity contribution in [3.05, 3.63) is 64.8 Å². The van der Waals surface area contributed by atoms with E-state index in [2.05, 4.69) is 5.32 Å². The lowest BCUT2D eigenvalue weighted by atomic mass is 9.94. The van der Waals surface area contributed by atoms with E-state index >= 15 is 0 Å². The maximum absolute atomic E-state index is 12.8. The van der Waals surface area contributed by atoms with E-state index in [0.717, 1.165) is 58.5 Å². The summed E-state index contributed by atoms with van der Waals surface area (Å²) in [4.78, 5) is 29.8. The second-order valence-electron chi connectivity index (χ2n) is 7.48. The Morgan fingerprint density at radius 3 is 2.77 bits per heavy atom. The van der Waals surface area contributed by atoms with Crippen LogP contribution in [0, 0.1) is 0 Å². The van der Waals surface area contributed by atoms with Gasteiger partial charge in [0.2, 0.25) is 0 Å². The van der Waals surface area contributed by atoms with Gasteiger partial charge in [-0.2, -0.15) is 0 Å². The molecule has 1 heterocycles. The highest BCUT2D eigenvalue weighted by molar-refractivity contribution is 8.00. The number of methoxy groups -OCH3 is 1. The molecule has 1 aliphatic carbocycles. The van der Waals surface area contributed by atoms with E-state index in [1.807, 2.05) is 30.3 Å². The zero-order valence-corrected chi connectivity index (χ0v) is 18.1. The fourth-order valence-corrected chi connectivity index (χ4v) is 4.94. The number of ether oxygens (including phenoxy) is 1. The van der Waals surface area contributed by atoms with Gasteiger partial charge in [-0.05, 0) is 49.4 Å². The first-order valence-corrected chi connectivity index (χ1v) is 11.3. The van der Waals surface area contributed by atoms with Gasteiger partial charge in [0, 0.05) is 33.6 Å². The molecule has 0 bridgehead atoms. The lowest BCUT2D eigenvalue weighted by Gasteiger charge is -2.20. The number of benzene rings is 2. The summed E-state index contributed by atoms with van der Waals surface area (Å²) >= 11 is 1.34. The number of hydrogen-bond donors (Lipinski definition) is 2. The number of pyridine rings is 1. The molecule has 0 spiro atoms. The number of nitrogens with zero attached hydrogens (tertiary/aromatic N) is 1. The minimum Gasteiger partial charge on any atom is -0.496 e. The molecule has 2 N–H and O–H groups in total. The molecule has 0 unspecified atom stereocenters. The van der Waals surface area contributed by atoms with Gasteiger partial charge in [0.05, 0.1) is 18.4 Å². The Balaban J connectivity index is 1.62. The van der Waals surface area contributed by atoms with E-state index in [1.165, 1.54) is 17.3 Å². The zero-order valence-electron chi connectivity index (χ0n) is 17.3. The molecule has 0 aliphatic heterocycles. The Bertz CT molecular complexity index is 1150. The van der Waals surface area contributed by atoms with Crippen LogP contribution in [-0.4, -0.2) is 34.8 Å². The predicted molar refractivity (Wildman–Crippen MR) is 121 cm³/mol. The van der Waals surface area contributed by atoms with Crippen molar-refractivity contribution < 1.29 is 19.4 Å². The number of carbonyl (C=O) groups excluding carboxylic acids is 1. The number of hydrogen-bond acceptors (Lipinski definition) is 5. The van der Waals surface area contributed by atoms with Crippen LogP contribution in [0.1, 0.15) is 40.0 Å². The van der Waals surface area contributed by atoms with Crippen molar-refractivity contribution in [3.63, 3.8) is 0 Å². The summed E-state index contributed by atoms with van der Waals surface area (Å²) < 4.78 is 5.34.